The molecular weight excluding hydrogens is 312 g/mol. The highest BCUT2D eigenvalue weighted by Gasteiger charge is 2.20. The summed E-state index contributed by atoms with van der Waals surface area (Å²) in [6.45, 7) is 4.75. The van der Waals surface area contributed by atoms with E-state index in [9.17, 15) is 9.59 Å². The summed E-state index contributed by atoms with van der Waals surface area (Å²) in [7, 11) is 0. The molecule has 1 heterocycles. The van der Waals surface area contributed by atoms with E-state index in [1.165, 1.54) is 11.3 Å². The maximum atomic E-state index is 12.6. The topological polar surface area (TPSA) is 70.5 Å². The molecule has 0 atom stereocenters. The first-order valence-corrected chi connectivity index (χ1v) is 8.31. The lowest BCUT2D eigenvalue weighted by atomic mass is 10.2. The number of benzene rings is 1. The Bertz CT molecular complexity index is 667. The van der Waals surface area contributed by atoms with Gasteiger partial charge in [0, 0.05) is 18.7 Å². The molecule has 5 nitrogen and oxygen atoms in total. The van der Waals surface area contributed by atoms with Gasteiger partial charge in [0.2, 0.25) is 0 Å². The minimum absolute atomic E-state index is 0.0528. The van der Waals surface area contributed by atoms with Crippen LogP contribution in [0.25, 0.3) is 10.6 Å². The van der Waals surface area contributed by atoms with Gasteiger partial charge in [0.1, 0.15) is 9.88 Å². The lowest BCUT2D eigenvalue weighted by molar-refractivity contribution is -0.137. The second-order valence-electron chi connectivity index (χ2n) is 5.68. The molecule has 122 valence electrons. The number of amides is 1. The molecule has 0 saturated carbocycles. The van der Waals surface area contributed by atoms with E-state index in [-0.39, 0.29) is 24.8 Å². The van der Waals surface area contributed by atoms with Crippen molar-refractivity contribution < 1.29 is 14.7 Å². The summed E-state index contributed by atoms with van der Waals surface area (Å²) in [6, 6.07) is 9.68. The molecule has 23 heavy (non-hydrogen) atoms. The normalized spacial score (nSPS) is 10.7. The molecule has 0 aliphatic rings. The van der Waals surface area contributed by atoms with Crippen LogP contribution in [0.15, 0.2) is 36.5 Å². The fourth-order valence-electron chi connectivity index (χ4n) is 2.19. The molecule has 0 fully saturated rings. The van der Waals surface area contributed by atoms with Crippen LogP contribution in [0.3, 0.4) is 0 Å². The predicted octanol–water partition coefficient (Wildman–Crippen LogP) is 3.38. The third kappa shape index (κ3) is 4.89. The SMILES string of the molecule is CC(C)CN(CCC(=O)O)C(=O)c1cnc(-c2ccccc2)s1. The molecule has 0 aliphatic heterocycles. The molecule has 1 aromatic heterocycles. The summed E-state index contributed by atoms with van der Waals surface area (Å²) in [6.07, 6.45) is 1.52. The van der Waals surface area contributed by atoms with Crippen LogP contribution in [-0.4, -0.2) is 40.0 Å². The van der Waals surface area contributed by atoms with Gasteiger partial charge in [-0.15, -0.1) is 11.3 Å². The van der Waals surface area contributed by atoms with Gasteiger partial charge in [0.05, 0.1) is 12.6 Å². The Morgan fingerprint density at radius 2 is 1.96 bits per heavy atom. The molecule has 0 spiro atoms. The van der Waals surface area contributed by atoms with Gasteiger partial charge in [0.15, 0.2) is 0 Å². The average Bonchev–Trinajstić information content (AvgIpc) is 3.01. The number of aliphatic carboxylic acids is 1. The van der Waals surface area contributed by atoms with Gasteiger partial charge in [-0.1, -0.05) is 44.2 Å². The van der Waals surface area contributed by atoms with E-state index in [1.54, 1.807) is 11.1 Å². The molecule has 0 bridgehead atoms. The largest absolute Gasteiger partial charge is 0.481 e. The fourth-order valence-corrected chi connectivity index (χ4v) is 3.08. The lowest BCUT2D eigenvalue weighted by Crippen LogP contribution is -2.35. The van der Waals surface area contributed by atoms with Crippen molar-refractivity contribution in [3.8, 4) is 10.6 Å². The molecule has 0 radical (unpaired) electrons. The summed E-state index contributed by atoms with van der Waals surface area (Å²) >= 11 is 1.33. The zero-order valence-corrected chi connectivity index (χ0v) is 14.0. The van der Waals surface area contributed by atoms with E-state index in [0.29, 0.717) is 11.4 Å². The Hall–Kier alpha value is -2.21. The van der Waals surface area contributed by atoms with Gasteiger partial charge < -0.3 is 10.0 Å². The number of hydrogen-bond donors (Lipinski definition) is 1. The smallest absolute Gasteiger partial charge is 0.305 e. The van der Waals surface area contributed by atoms with E-state index >= 15 is 0 Å². The molecule has 1 N–H and O–H groups in total. The van der Waals surface area contributed by atoms with Crippen molar-refractivity contribution in [3.63, 3.8) is 0 Å². The van der Waals surface area contributed by atoms with Crippen LogP contribution in [0, 0.1) is 5.92 Å². The molecule has 2 rings (SSSR count). The van der Waals surface area contributed by atoms with Gasteiger partial charge in [-0.05, 0) is 5.92 Å². The van der Waals surface area contributed by atoms with E-state index < -0.39 is 5.97 Å². The standard InChI is InChI=1S/C17H20N2O3S/c1-12(2)11-19(9-8-15(20)21)17(22)14-10-18-16(23-14)13-6-4-3-5-7-13/h3-7,10,12H,8-9,11H2,1-2H3,(H,20,21). The zero-order chi connectivity index (χ0) is 16.8. The molecule has 1 amide bonds. The summed E-state index contributed by atoms with van der Waals surface area (Å²) in [5, 5.41) is 9.64. The van der Waals surface area contributed by atoms with Crippen LogP contribution in [0.4, 0.5) is 0 Å². The molecule has 0 saturated heterocycles. The fraction of sp³-hybridized carbons (Fsp3) is 0.353. The van der Waals surface area contributed by atoms with Crippen LogP contribution in [0.5, 0.6) is 0 Å². The molecule has 2 aromatic rings. The quantitative estimate of drug-likeness (QED) is 0.844. The Balaban J connectivity index is 2.16. The highest BCUT2D eigenvalue weighted by molar-refractivity contribution is 7.16. The first-order valence-electron chi connectivity index (χ1n) is 7.49. The van der Waals surface area contributed by atoms with Crippen LogP contribution in [0.1, 0.15) is 29.9 Å². The number of rotatable bonds is 7. The summed E-state index contributed by atoms with van der Waals surface area (Å²) < 4.78 is 0. The highest BCUT2D eigenvalue weighted by atomic mass is 32.1. The van der Waals surface area contributed by atoms with Crippen LogP contribution in [-0.2, 0) is 4.79 Å². The third-order valence-corrected chi connectivity index (χ3v) is 4.24. The summed E-state index contributed by atoms with van der Waals surface area (Å²) in [4.78, 5) is 29.9. The monoisotopic (exact) mass is 332 g/mol. The van der Waals surface area contributed by atoms with Gasteiger partial charge in [-0.25, -0.2) is 4.98 Å². The van der Waals surface area contributed by atoms with Crippen molar-refractivity contribution in [2.24, 2.45) is 5.92 Å². The van der Waals surface area contributed by atoms with Crippen molar-refractivity contribution in [2.45, 2.75) is 20.3 Å². The van der Waals surface area contributed by atoms with Crippen LogP contribution in [0.2, 0.25) is 0 Å². The molecular formula is C17H20N2O3S. The van der Waals surface area contributed by atoms with Crippen LogP contribution >= 0.6 is 11.3 Å². The van der Waals surface area contributed by atoms with Gasteiger partial charge in [-0.3, -0.25) is 9.59 Å². The van der Waals surface area contributed by atoms with Crippen molar-refractivity contribution in [2.75, 3.05) is 13.1 Å². The van der Waals surface area contributed by atoms with Gasteiger partial charge >= 0.3 is 5.97 Å². The number of thiazole rings is 1. The molecule has 6 heteroatoms. The first-order chi connectivity index (χ1) is 11.0. The van der Waals surface area contributed by atoms with Crippen molar-refractivity contribution >= 4 is 23.2 Å². The summed E-state index contributed by atoms with van der Waals surface area (Å²) in [5.41, 5.74) is 0.970. The second-order valence-corrected chi connectivity index (χ2v) is 6.72. The van der Waals surface area contributed by atoms with Gasteiger partial charge in [0.25, 0.3) is 5.91 Å². The van der Waals surface area contributed by atoms with E-state index in [4.69, 9.17) is 5.11 Å². The van der Waals surface area contributed by atoms with Crippen LogP contribution < -0.4 is 0 Å². The minimum Gasteiger partial charge on any atom is -0.481 e. The Kier molecular flexibility index (Phi) is 5.87. The molecule has 0 unspecified atom stereocenters. The number of carbonyl (C=O) groups is 2. The van der Waals surface area contributed by atoms with E-state index in [0.717, 1.165) is 10.6 Å². The van der Waals surface area contributed by atoms with E-state index in [2.05, 4.69) is 4.98 Å². The summed E-state index contributed by atoms with van der Waals surface area (Å²) in [5.74, 6) is -0.783. The third-order valence-electron chi connectivity index (χ3n) is 3.21. The highest BCUT2D eigenvalue weighted by Crippen LogP contribution is 2.25. The zero-order valence-electron chi connectivity index (χ0n) is 13.2. The maximum absolute atomic E-state index is 12.6. The first kappa shape index (κ1) is 17.1. The number of hydrogen-bond acceptors (Lipinski definition) is 4. The Morgan fingerprint density at radius 3 is 2.57 bits per heavy atom. The minimum atomic E-state index is -0.902. The molecule has 1 aromatic carbocycles. The van der Waals surface area contributed by atoms with Crippen molar-refractivity contribution in [3.05, 3.63) is 41.4 Å². The molecule has 0 aliphatic carbocycles. The number of carboxylic acids is 1. The van der Waals surface area contributed by atoms with Crippen molar-refractivity contribution in [1.29, 1.82) is 0 Å². The number of carbonyl (C=O) groups excluding carboxylic acids is 1. The second kappa shape index (κ2) is 7.87. The average molecular weight is 332 g/mol. The van der Waals surface area contributed by atoms with Gasteiger partial charge in [-0.2, -0.15) is 0 Å². The predicted molar refractivity (Wildman–Crippen MR) is 90.5 cm³/mol. The number of carboxylic acid groups (broad SMARTS) is 1. The Morgan fingerprint density at radius 1 is 1.26 bits per heavy atom. The van der Waals surface area contributed by atoms with E-state index in [1.807, 2.05) is 44.2 Å². The Labute approximate surface area is 139 Å². The lowest BCUT2D eigenvalue weighted by Gasteiger charge is -2.23. The maximum Gasteiger partial charge on any atom is 0.305 e. The number of nitrogens with zero attached hydrogens (tertiary/aromatic N) is 2. The van der Waals surface area contributed by atoms with Crippen molar-refractivity contribution in [1.82, 2.24) is 9.88 Å². The number of aromatic nitrogens is 1.